The maximum absolute atomic E-state index is 13.6. The van der Waals surface area contributed by atoms with Crippen molar-refractivity contribution in [2.75, 3.05) is 38.2 Å². The van der Waals surface area contributed by atoms with Gasteiger partial charge in [0.25, 0.3) is 5.91 Å². The third kappa shape index (κ3) is 8.08. The first-order valence-corrected chi connectivity index (χ1v) is 16.2. The molecule has 5 N–H and O–H groups in total. The van der Waals surface area contributed by atoms with Gasteiger partial charge in [0.05, 0.1) is 13.2 Å². The van der Waals surface area contributed by atoms with E-state index in [1.165, 1.54) is 0 Å². The molecule has 0 spiro atoms. The fraction of sp³-hybridized carbons (Fsp3) is 0.371. The second-order valence-electron chi connectivity index (χ2n) is 12.2. The Balaban J connectivity index is 1.15. The molecular weight excluding hydrogens is 596 g/mol. The molecule has 12 nitrogen and oxygen atoms in total. The van der Waals surface area contributed by atoms with Gasteiger partial charge in [0.1, 0.15) is 6.04 Å². The first-order chi connectivity index (χ1) is 23.0. The molecule has 4 aromatic rings. The molecule has 2 aliphatic rings. The van der Waals surface area contributed by atoms with Crippen molar-refractivity contribution in [1.82, 2.24) is 30.8 Å². The van der Waals surface area contributed by atoms with E-state index in [1.807, 2.05) is 53.4 Å². The van der Waals surface area contributed by atoms with E-state index in [0.717, 1.165) is 47.9 Å². The Hall–Kier alpha value is -4.94. The van der Waals surface area contributed by atoms with Crippen molar-refractivity contribution in [2.45, 2.75) is 38.1 Å². The molecule has 1 aromatic heterocycles. The van der Waals surface area contributed by atoms with Gasteiger partial charge >= 0.3 is 0 Å². The molecule has 3 amide bonds. The van der Waals surface area contributed by atoms with Crippen LogP contribution in [0.1, 0.15) is 41.6 Å². The van der Waals surface area contributed by atoms with E-state index in [-0.39, 0.29) is 23.6 Å². The number of carbonyl (C=O) groups is 3. The normalized spacial score (nSPS) is 18.7. The van der Waals surface area contributed by atoms with Gasteiger partial charge in [-0.15, -0.1) is 10.2 Å². The number of anilines is 1. The van der Waals surface area contributed by atoms with Crippen LogP contribution in [-0.2, 0) is 20.7 Å². The molecule has 47 heavy (non-hydrogen) atoms. The topological polar surface area (TPSA) is 168 Å². The second-order valence-corrected chi connectivity index (χ2v) is 12.2. The fourth-order valence-electron chi connectivity index (χ4n) is 6.23. The largest absolute Gasteiger partial charge is 0.378 e. The summed E-state index contributed by atoms with van der Waals surface area (Å²) in [6, 6.07) is 21.8. The van der Waals surface area contributed by atoms with E-state index in [4.69, 9.17) is 10.5 Å². The summed E-state index contributed by atoms with van der Waals surface area (Å²) in [6.45, 7) is 2.91. The first-order valence-electron chi connectivity index (χ1n) is 16.2. The van der Waals surface area contributed by atoms with Crippen LogP contribution in [0.3, 0.4) is 0 Å². The monoisotopic (exact) mass is 636 g/mol. The predicted molar refractivity (Wildman–Crippen MR) is 177 cm³/mol. The SMILES string of the molecule is NCC1CCC(C(=O)NC(Cc2ccc(-c3cccc(C(=O)N4CCOCC4)c3)cc2)C(=O)Nc2ccc(-c3nn[nH]n3)cc2)CC1. The van der Waals surface area contributed by atoms with Crippen molar-refractivity contribution >= 4 is 23.4 Å². The molecule has 2 heterocycles. The molecule has 3 aromatic carbocycles. The van der Waals surface area contributed by atoms with Crippen molar-refractivity contribution in [1.29, 1.82) is 0 Å². The van der Waals surface area contributed by atoms with Gasteiger partial charge < -0.3 is 26.0 Å². The summed E-state index contributed by atoms with van der Waals surface area (Å²) in [4.78, 5) is 41.9. The van der Waals surface area contributed by atoms with Crippen LogP contribution in [0, 0.1) is 11.8 Å². The summed E-state index contributed by atoms with van der Waals surface area (Å²) in [5, 5.41) is 20.0. The smallest absolute Gasteiger partial charge is 0.254 e. The molecule has 1 aliphatic heterocycles. The number of ether oxygens (including phenoxy) is 1. The van der Waals surface area contributed by atoms with E-state index in [0.29, 0.717) is 62.3 Å². The van der Waals surface area contributed by atoms with Crippen molar-refractivity contribution in [3.63, 3.8) is 0 Å². The van der Waals surface area contributed by atoms with Crippen LogP contribution in [0.15, 0.2) is 72.8 Å². The number of hydrogen-bond acceptors (Lipinski definition) is 8. The quantitative estimate of drug-likeness (QED) is 0.205. The Morgan fingerprint density at radius 3 is 2.32 bits per heavy atom. The van der Waals surface area contributed by atoms with Gasteiger partial charge in [0.15, 0.2) is 0 Å². The molecule has 1 saturated heterocycles. The Morgan fingerprint density at radius 1 is 0.915 bits per heavy atom. The highest BCUT2D eigenvalue weighted by molar-refractivity contribution is 5.98. The summed E-state index contributed by atoms with van der Waals surface area (Å²) in [7, 11) is 0. The zero-order valence-corrected chi connectivity index (χ0v) is 26.2. The minimum atomic E-state index is -0.785. The summed E-state index contributed by atoms with van der Waals surface area (Å²) >= 11 is 0. The molecule has 0 bridgehead atoms. The summed E-state index contributed by atoms with van der Waals surface area (Å²) in [5.41, 5.74) is 10.6. The van der Waals surface area contributed by atoms with E-state index < -0.39 is 6.04 Å². The lowest BCUT2D eigenvalue weighted by Gasteiger charge is -2.28. The molecule has 1 saturated carbocycles. The zero-order chi connectivity index (χ0) is 32.6. The van der Waals surface area contributed by atoms with Crippen LogP contribution >= 0.6 is 0 Å². The number of rotatable bonds is 10. The number of tetrazole rings is 1. The van der Waals surface area contributed by atoms with Gasteiger partial charge in [-0.05, 0) is 96.4 Å². The highest BCUT2D eigenvalue weighted by atomic mass is 16.5. The minimum Gasteiger partial charge on any atom is -0.378 e. The number of hydrogen-bond donors (Lipinski definition) is 4. The van der Waals surface area contributed by atoms with E-state index in [9.17, 15) is 14.4 Å². The summed E-state index contributed by atoms with van der Waals surface area (Å²) < 4.78 is 5.39. The van der Waals surface area contributed by atoms with Crippen LogP contribution in [0.5, 0.6) is 0 Å². The van der Waals surface area contributed by atoms with Crippen LogP contribution < -0.4 is 16.4 Å². The fourth-order valence-corrected chi connectivity index (χ4v) is 6.23. The number of nitrogens with one attached hydrogen (secondary N) is 3. The van der Waals surface area contributed by atoms with E-state index in [2.05, 4.69) is 31.3 Å². The molecule has 1 unspecified atom stereocenters. The van der Waals surface area contributed by atoms with Crippen LogP contribution in [0.2, 0.25) is 0 Å². The standard InChI is InChI=1S/C35H40N8O4/c36-22-24-6-10-27(11-7-24)33(44)38-31(34(45)37-30-14-12-26(13-15-30)32-39-41-42-40-32)20-23-4-8-25(9-5-23)28-2-1-3-29(21-28)35(46)43-16-18-47-19-17-43/h1-5,8-9,12-15,21,24,27,31H,6-7,10-11,16-20,22,36H2,(H,37,45)(H,38,44)(H,39,40,41,42). The van der Waals surface area contributed by atoms with Gasteiger partial charge in [-0.1, -0.05) is 36.4 Å². The Kier molecular flexibility index (Phi) is 10.3. The van der Waals surface area contributed by atoms with Crippen LogP contribution in [0.4, 0.5) is 5.69 Å². The minimum absolute atomic E-state index is 0.00247. The maximum atomic E-state index is 13.6. The Bertz CT molecular complexity index is 1650. The number of morpholine rings is 1. The average molecular weight is 637 g/mol. The molecule has 6 rings (SSSR count). The molecule has 244 valence electrons. The Morgan fingerprint density at radius 2 is 1.64 bits per heavy atom. The summed E-state index contributed by atoms with van der Waals surface area (Å²) in [6.07, 6.45) is 3.67. The number of nitrogens with two attached hydrogens (primary N) is 1. The summed E-state index contributed by atoms with van der Waals surface area (Å²) in [5.74, 6) is 0.349. The number of amides is 3. The first kappa shape index (κ1) is 32.0. The lowest BCUT2D eigenvalue weighted by Crippen LogP contribution is -2.48. The van der Waals surface area contributed by atoms with Crippen molar-refractivity contribution in [2.24, 2.45) is 17.6 Å². The van der Waals surface area contributed by atoms with Gasteiger partial charge in [-0.25, -0.2) is 0 Å². The molecule has 1 atom stereocenters. The highest BCUT2D eigenvalue weighted by Gasteiger charge is 2.29. The predicted octanol–water partition coefficient (Wildman–Crippen LogP) is 3.44. The number of nitrogens with zero attached hydrogens (tertiary/aromatic N) is 4. The third-order valence-electron chi connectivity index (χ3n) is 9.07. The van der Waals surface area contributed by atoms with Crippen LogP contribution in [0.25, 0.3) is 22.5 Å². The third-order valence-corrected chi connectivity index (χ3v) is 9.07. The lowest BCUT2D eigenvalue weighted by atomic mass is 9.81. The Labute approximate surface area is 273 Å². The number of aromatic nitrogens is 4. The average Bonchev–Trinajstić information content (AvgIpc) is 3.67. The molecular formula is C35H40N8O4. The number of aromatic amines is 1. The molecule has 12 heteroatoms. The van der Waals surface area contributed by atoms with Crippen molar-refractivity contribution < 1.29 is 19.1 Å². The molecule has 0 radical (unpaired) electrons. The maximum Gasteiger partial charge on any atom is 0.254 e. The van der Waals surface area contributed by atoms with Crippen LogP contribution in [-0.4, -0.2) is 82.1 Å². The van der Waals surface area contributed by atoms with Gasteiger partial charge in [0, 0.05) is 42.2 Å². The van der Waals surface area contributed by atoms with E-state index >= 15 is 0 Å². The van der Waals surface area contributed by atoms with Gasteiger partial charge in [-0.2, -0.15) is 5.21 Å². The molecule has 2 fully saturated rings. The number of benzene rings is 3. The molecule has 1 aliphatic carbocycles. The van der Waals surface area contributed by atoms with Gasteiger partial charge in [-0.3, -0.25) is 14.4 Å². The van der Waals surface area contributed by atoms with Gasteiger partial charge in [0.2, 0.25) is 17.6 Å². The number of carbonyl (C=O) groups excluding carboxylic acids is 3. The van der Waals surface area contributed by atoms with Crippen molar-refractivity contribution in [3.8, 4) is 22.5 Å². The van der Waals surface area contributed by atoms with Crippen molar-refractivity contribution in [3.05, 3.63) is 83.9 Å². The lowest BCUT2D eigenvalue weighted by molar-refractivity contribution is -0.130. The van der Waals surface area contributed by atoms with E-state index in [1.54, 1.807) is 24.3 Å². The zero-order valence-electron chi connectivity index (χ0n) is 26.2. The second kappa shape index (κ2) is 15.1. The number of H-pyrrole nitrogens is 1. The highest BCUT2D eigenvalue weighted by Crippen LogP contribution is 2.29.